The van der Waals surface area contributed by atoms with E-state index in [-0.39, 0.29) is 0 Å². The average Bonchev–Trinajstić information content (AvgIpc) is 2.71. The molecular formula is C25H34F2. The minimum atomic E-state index is -0.779. The summed E-state index contributed by atoms with van der Waals surface area (Å²) >= 11 is 0. The first-order chi connectivity index (χ1) is 13.2. The Labute approximate surface area is 163 Å². The third-order valence-electron chi connectivity index (χ3n) is 6.60. The monoisotopic (exact) mass is 372 g/mol. The highest BCUT2D eigenvalue weighted by molar-refractivity contribution is 5.74. The van der Waals surface area contributed by atoms with Crippen molar-refractivity contribution in [2.75, 3.05) is 0 Å². The second-order valence-corrected chi connectivity index (χ2v) is 8.53. The number of rotatable bonds is 8. The van der Waals surface area contributed by atoms with E-state index in [1.54, 1.807) is 6.07 Å². The molecule has 0 N–H and O–H groups in total. The summed E-state index contributed by atoms with van der Waals surface area (Å²) < 4.78 is 26.6. The van der Waals surface area contributed by atoms with E-state index in [1.807, 2.05) is 0 Å². The lowest BCUT2D eigenvalue weighted by Crippen LogP contribution is -2.21. The lowest BCUT2D eigenvalue weighted by molar-refractivity contribution is 0.218. The van der Waals surface area contributed by atoms with Crippen LogP contribution in [0.15, 0.2) is 36.4 Å². The Balaban J connectivity index is 1.42. The van der Waals surface area contributed by atoms with E-state index in [0.29, 0.717) is 5.92 Å². The molecule has 27 heavy (non-hydrogen) atoms. The Morgan fingerprint density at radius 1 is 0.926 bits per heavy atom. The van der Waals surface area contributed by atoms with E-state index in [4.69, 9.17) is 0 Å². The van der Waals surface area contributed by atoms with Gasteiger partial charge in [-0.3, -0.25) is 0 Å². The van der Waals surface area contributed by atoms with Crippen LogP contribution in [0.25, 0.3) is 5.57 Å². The molecule has 1 saturated carbocycles. The Bertz CT molecular complexity index is 650. The maximum absolute atomic E-state index is 13.5. The minimum absolute atomic E-state index is 0.615. The molecule has 0 saturated heterocycles. The number of benzene rings is 1. The standard InChI is InChI=1S/C25H34F2/c1-2-3-4-5-6-7-19-8-10-20(11-9-19)21-12-14-22(15-13-21)23-16-17-24(26)25(27)18-23/h12,14-21H,2-11,13H2,1H3/t19-,20-,21?. The van der Waals surface area contributed by atoms with Gasteiger partial charge in [-0.05, 0) is 60.3 Å². The highest BCUT2D eigenvalue weighted by atomic mass is 19.2. The molecule has 3 rings (SSSR count). The fraction of sp³-hybridized carbons (Fsp3) is 0.600. The third kappa shape index (κ3) is 5.77. The Hall–Kier alpha value is -1.44. The van der Waals surface area contributed by atoms with Gasteiger partial charge in [0.25, 0.3) is 0 Å². The second kappa shape index (κ2) is 10.2. The molecule has 0 bridgehead atoms. The molecule has 2 aliphatic rings. The Morgan fingerprint density at radius 3 is 2.37 bits per heavy atom. The van der Waals surface area contributed by atoms with Crippen molar-refractivity contribution in [2.24, 2.45) is 17.8 Å². The molecular weight excluding hydrogens is 338 g/mol. The first kappa shape index (κ1) is 20.3. The van der Waals surface area contributed by atoms with Crippen molar-refractivity contribution in [3.8, 4) is 0 Å². The molecule has 0 amide bonds. The highest BCUT2D eigenvalue weighted by Crippen LogP contribution is 2.39. The van der Waals surface area contributed by atoms with Crippen LogP contribution in [0, 0.1) is 29.4 Å². The fourth-order valence-corrected chi connectivity index (χ4v) is 4.82. The van der Waals surface area contributed by atoms with Crippen LogP contribution >= 0.6 is 0 Å². The summed E-state index contributed by atoms with van der Waals surface area (Å²) in [5.41, 5.74) is 1.79. The van der Waals surface area contributed by atoms with Crippen LogP contribution in [-0.2, 0) is 0 Å². The highest BCUT2D eigenvalue weighted by Gasteiger charge is 2.26. The van der Waals surface area contributed by atoms with E-state index in [1.165, 1.54) is 76.3 Å². The molecule has 148 valence electrons. The third-order valence-corrected chi connectivity index (χ3v) is 6.60. The lowest BCUT2D eigenvalue weighted by atomic mass is 9.72. The van der Waals surface area contributed by atoms with Crippen LogP contribution in [0.4, 0.5) is 8.78 Å². The molecule has 0 spiro atoms. The molecule has 1 atom stereocenters. The first-order valence-electron chi connectivity index (χ1n) is 11.0. The van der Waals surface area contributed by atoms with Gasteiger partial charge in [0.2, 0.25) is 0 Å². The van der Waals surface area contributed by atoms with Crippen molar-refractivity contribution >= 4 is 5.57 Å². The van der Waals surface area contributed by atoms with Gasteiger partial charge in [-0.15, -0.1) is 0 Å². The van der Waals surface area contributed by atoms with Gasteiger partial charge in [0.15, 0.2) is 11.6 Å². The predicted octanol–water partition coefficient (Wildman–Crippen LogP) is 8.09. The average molecular weight is 373 g/mol. The van der Waals surface area contributed by atoms with Crippen molar-refractivity contribution in [3.05, 3.63) is 53.6 Å². The number of halogens is 2. The van der Waals surface area contributed by atoms with Gasteiger partial charge in [0.1, 0.15) is 0 Å². The number of allylic oxidation sites excluding steroid dienone is 4. The van der Waals surface area contributed by atoms with E-state index in [9.17, 15) is 8.78 Å². The van der Waals surface area contributed by atoms with Crippen molar-refractivity contribution in [3.63, 3.8) is 0 Å². The van der Waals surface area contributed by atoms with Crippen molar-refractivity contribution < 1.29 is 8.78 Å². The van der Waals surface area contributed by atoms with Gasteiger partial charge in [0.05, 0.1) is 0 Å². The molecule has 1 aromatic carbocycles. The molecule has 2 aliphatic carbocycles. The van der Waals surface area contributed by atoms with Gasteiger partial charge in [-0.1, -0.05) is 82.6 Å². The summed E-state index contributed by atoms with van der Waals surface area (Å²) in [4.78, 5) is 0. The zero-order valence-electron chi connectivity index (χ0n) is 16.7. The lowest BCUT2D eigenvalue weighted by Gasteiger charge is -2.33. The number of unbranched alkanes of at least 4 members (excludes halogenated alkanes) is 4. The molecule has 1 aromatic rings. The zero-order chi connectivity index (χ0) is 19.1. The van der Waals surface area contributed by atoms with Crippen LogP contribution in [-0.4, -0.2) is 0 Å². The summed E-state index contributed by atoms with van der Waals surface area (Å²) in [5, 5.41) is 0. The van der Waals surface area contributed by atoms with Gasteiger partial charge in [-0.25, -0.2) is 8.78 Å². The Kier molecular flexibility index (Phi) is 7.67. The molecule has 0 heterocycles. The maximum atomic E-state index is 13.5. The summed E-state index contributed by atoms with van der Waals surface area (Å²) in [7, 11) is 0. The van der Waals surface area contributed by atoms with E-state index < -0.39 is 11.6 Å². The van der Waals surface area contributed by atoms with Crippen molar-refractivity contribution in [2.45, 2.75) is 77.6 Å². The van der Waals surface area contributed by atoms with E-state index in [2.05, 4.69) is 25.2 Å². The van der Waals surface area contributed by atoms with Crippen molar-refractivity contribution in [1.29, 1.82) is 0 Å². The zero-order valence-corrected chi connectivity index (χ0v) is 16.7. The van der Waals surface area contributed by atoms with Gasteiger partial charge < -0.3 is 0 Å². The summed E-state index contributed by atoms with van der Waals surface area (Å²) in [6, 6.07) is 4.19. The number of hydrogen-bond donors (Lipinski definition) is 0. The van der Waals surface area contributed by atoms with Crippen LogP contribution in [0.5, 0.6) is 0 Å². The topological polar surface area (TPSA) is 0 Å². The molecule has 0 radical (unpaired) electrons. The second-order valence-electron chi connectivity index (χ2n) is 8.53. The van der Waals surface area contributed by atoms with E-state index in [0.717, 1.165) is 29.4 Å². The minimum Gasteiger partial charge on any atom is -0.204 e. The normalized spacial score (nSPS) is 25.4. The first-order valence-corrected chi connectivity index (χ1v) is 11.0. The molecule has 2 heteroatoms. The van der Waals surface area contributed by atoms with Crippen LogP contribution < -0.4 is 0 Å². The molecule has 0 aliphatic heterocycles. The largest absolute Gasteiger partial charge is 0.204 e. The maximum Gasteiger partial charge on any atom is 0.159 e. The predicted molar refractivity (Wildman–Crippen MR) is 110 cm³/mol. The van der Waals surface area contributed by atoms with Gasteiger partial charge >= 0.3 is 0 Å². The number of hydrogen-bond acceptors (Lipinski definition) is 0. The van der Waals surface area contributed by atoms with Crippen LogP contribution in [0.1, 0.15) is 83.1 Å². The SMILES string of the molecule is CCCCCCC[C@H]1CC[C@H](C2C=CC(c3ccc(F)c(F)c3)=CC2)CC1. The molecule has 0 aromatic heterocycles. The van der Waals surface area contributed by atoms with E-state index >= 15 is 0 Å². The molecule has 1 unspecified atom stereocenters. The smallest absolute Gasteiger partial charge is 0.159 e. The molecule has 0 nitrogen and oxygen atoms in total. The van der Waals surface area contributed by atoms with Crippen LogP contribution in [0.2, 0.25) is 0 Å². The Morgan fingerprint density at radius 2 is 1.70 bits per heavy atom. The quantitative estimate of drug-likeness (QED) is 0.404. The summed E-state index contributed by atoms with van der Waals surface area (Å²) in [6.45, 7) is 2.27. The summed E-state index contributed by atoms with van der Waals surface area (Å²) in [5.74, 6) is 0.810. The van der Waals surface area contributed by atoms with Crippen molar-refractivity contribution in [1.82, 2.24) is 0 Å². The summed E-state index contributed by atoms with van der Waals surface area (Å²) in [6.07, 6.45) is 21.5. The van der Waals surface area contributed by atoms with Gasteiger partial charge in [0, 0.05) is 0 Å². The molecule has 1 fully saturated rings. The van der Waals surface area contributed by atoms with Crippen LogP contribution in [0.3, 0.4) is 0 Å². The fourth-order valence-electron chi connectivity index (χ4n) is 4.82. The van der Waals surface area contributed by atoms with Gasteiger partial charge in [-0.2, -0.15) is 0 Å².